The van der Waals surface area contributed by atoms with Gasteiger partial charge in [0.05, 0.1) is 0 Å². The van der Waals surface area contributed by atoms with E-state index in [1.165, 1.54) is 11.1 Å². The minimum Gasteiger partial charge on any atom is -0.508 e. The molecule has 1 N–H and O–H groups in total. The highest BCUT2D eigenvalue weighted by molar-refractivity contribution is 5.78. The van der Waals surface area contributed by atoms with Crippen molar-refractivity contribution >= 4 is 5.78 Å². The summed E-state index contributed by atoms with van der Waals surface area (Å²) in [6, 6.07) is 6.35. The molecular formula is C23H35NO2. The van der Waals surface area contributed by atoms with E-state index in [9.17, 15) is 9.90 Å². The third-order valence-corrected chi connectivity index (χ3v) is 7.52. The van der Waals surface area contributed by atoms with Crippen molar-refractivity contribution in [2.24, 2.45) is 11.3 Å². The van der Waals surface area contributed by atoms with E-state index in [0.717, 1.165) is 32.2 Å². The molecule has 0 amide bonds. The van der Waals surface area contributed by atoms with Crippen molar-refractivity contribution in [3.05, 3.63) is 29.3 Å². The van der Waals surface area contributed by atoms with Gasteiger partial charge in [0, 0.05) is 24.3 Å². The molecule has 3 atom stereocenters. The molecule has 1 aliphatic heterocycles. The van der Waals surface area contributed by atoms with Crippen LogP contribution in [-0.2, 0) is 16.6 Å². The fraction of sp³-hybridized carbons (Fsp3) is 0.696. The second-order valence-corrected chi connectivity index (χ2v) is 9.51. The van der Waals surface area contributed by atoms with Crippen molar-refractivity contribution in [2.45, 2.75) is 77.7 Å². The molecule has 1 unspecified atom stereocenters. The molecule has 2 bridgehead atoms. The number of Topliss-reactive ketones (excluding diaryl/α,β-unsaturated/α-hetero) is 1. The van der Waals surface area contributed by atoms with Crippen LogP contribution >= 0.6 is 0 Å². The molecule has 144 valence electrons. The fourth-order valence-electron chi connectivity index (χ4n) is 5.40. The number of phenolic OH excluding ortho intramolecular Hbond substituents is 1. The van der Waals surface area contributed by atoms with Gasteiger partial charge in [0.25, 0.3) is 0 Å². The lowest BCUT2D eigenvalue weighted by Gasteiger charge is -2.62. The Hall–Kier alpha value is -1.35. The summed E-state index contributed by atoms with van der Waals surface area (Å²) >= 11 is 0. The monoisotopic (exact) mass is 357 g/mol. The maximum atomic E-state index is 12.5. The average molecular weight is 358 g/mol. The van der Waals surface area contributed by atoms with Gasteiger partial charge < -0.3 is 10.0 Å². The molecule has 3 heteroatoms. The van der Waals surface area contributed by atoms with E-state index in [2.05, 4.69) is 45.7 Å². The third-order valence-electron chi connectivity index (χ3n) is 7.52. The summed E-state index contributed by atoms with van der Waals surface area (Å²) in [5.74, 6) is 1.35. The first-order valence-electron chi connectivity index (χ1n) is 10.2. The summed E-state index contributed by atoms with van der Waals surface area (Å²) < 4.78 is 0. The van der Waals surface area contributed by atoms with E-state index in [1.807, 2.05) is 12.1 Å². The molecule has 1 heterocycles. The van der Waals surface area contributed by atoms with Gasteiger partial charge in [-0.25, -0.2) is 0 Å². The van der Waals surface area contributed by atoms with Gasteiger partial charge in [0.1, 0.15) is 11.5 Å². The van der Waals surface area contributed by atoms with Gasteiger partial charge >= 0.3 is 0 Å². The summed E-state index contributed by atoms with van der Waals surface area (Å²) in [7, 11) is 2.23. The highest BCUT2D eigenvalue weighted by atomic mass is 16.3. The summed E-state index contributed by atoms with van der Waals surface area (Å²) in [5.41, 5.74) is 2.73. The molecule has 1 fully saturated rings. The third kappa shape index (κ3) is 3.19. The second-order valence-electron chi connectivity index (χ2n) is 9.51. The number of aromatic hydroxyl groups is 1. The molecule has 3 nitrogen and oxygen atoms in total. The minimum absolute atomic E-state index is 0.00876. The van der Waals surface area contributed by atoms with Gasteiger partial charge in [-0.2, -0.15) is 0 Å². The molecule has 1 aromatic rings. The summed E-state index contributed by atoms with van der Waals surface area (Å²) in [5, 5.41) is 10.1. The maximum absolute atomic E-state index is 12.5. The van der Waals surface area contributed by atoms with E-state index in [0.29, 0.717) is 36.3 Å². The predicted octanol–water partition coefficient (Wildman–Crippen LogP) is 4.70. The predicted molar refractivity (Wildman–Crippen MR) is 107 cm³/mol. The van der Waals surface area contributed by atoms with Crippen LogP contribution in [0.5, 0.6) is 5.75 Å². The number of piperidine rings is 1. The Morgan fingerprint density at radius 3 is 2.73 bits per heavy atom. The summed E-state index contributed by atoms with van der Waals surface area (Å²) in [6.07, 6.45) is 5.41. The number of carbonyl (C=O) groups excluding carboxylic acids is 1. The van der Waals surface area contributed by atoms with Gasteiger partial charge in [-0.15, -0.1) is 0 Å². The van der Waals surface area contributed by atoms with E-state index in [-0.39, 0.29) is 10.8 Å². The zero-order chi connectivity index (χ0) is 19.1. The lowest BCUT2D eigenvalue weighted by Crippen LogP contribution is -2.64. The number of nitrogens with zero attached hydrogens (tertiary/aromatic N) is 1. The zero-order valence-electron chi connectivity index (χ0n) is 17.1. The Kier molecular flexibility index (Phi) is 5.22. The highest BCUT2D eigenvalue weighted by Crippen LogP contribution is 2.58. The number of fused-ring (bicyclic) bond motifs is 4. The smallest absolute Gasteiger partial charge is 0.132 e. The van der Waals surface area contributed by atoms with Crippen LogP contribution in [0, 0.1) is 11.3 Å². The largest absolute Gasteiger partial charge is 0.508 e. The summed E-state index contributed by atoms with van der Waals surface area (Å²) in [6.45, 7) is 10.2. The van der Waals surface area contributed by atoms with E-state index in [4.69, 9.17) is 0 Å². The maximum Gasteiger partial charge on any atom is 0.132 e. The molecule has 0 saturated carbocycles. The van der Waals surface area contributed by atoms with E-state index in [1.54, 1.807) is 0 Å². The second kappa shape index (κ2) is 6.99. The quantitative estimate of drug-likeness (QED) is 0.802. The van der Waals surface area contributed by atoms with Gasteiger partial charge in [-0.3, -0.25) is 4.79 Å². The van der Waals surface area contributed by atoms with Crippen LogP contribution in [0.25, 0.3) is 0 Å². The summed E-state index contributed by atoms with van der Waals surface area (Å²) in [4.78, 5) is 15.0. The number of ketones is 1. The Labute approximate surface area is 158 Å². The normalized spacial score (nSPS) is 31.1. The molecule has 26 heavy (non-hydrogen) atoms. The molecule has 0 radical (unpaired) electrons. The Morgan fingerprint density at radius 1 is 1.31 bits per heavy atom. The van der Waals surface area contributed by atoms with E-state index >= 15 is 0 Å². The van der Waals surface area contributed by atoms with Gasteiger partial charge in [-0.1, -0.05) is 33.8 Å². The number of hydrogen-bond donors (Lipinski definition) is 1. The van der Waals surface area contributed by atoms with Crippen LogP contribution < -0.4 is 0 Å². The van der Waals surface area contributed by atoms with Crippen LogP contribution in [-0.4, -0.2) is 35.4 Å². The first-order chi connectivity index (χ1) is 12.2. The lowest BCUT2D eigenvalue weighted by molar-refractivity contribution is -0.121. The molecule has 2 aliphatic rings. The number of rotatable bonds is 6. The zero-order valence-corrected chi connectivity index (χ0v) is 17.1. The van der Waals surface area contributed by atoms with Crippen LogP contribution in [0.4, 0.5) is 0 Å². The Balaban J connectivity index is 1.88. The fourth-order valence-corrected chi connectivity index (χ4v) is 5.40. The average Bonchev–Trinajstić information content (AvgIpc) is 2.59. The van der Waals surface area contributed by atoms with Crippen molar-refractivity contribution in [1.29, 1.82) is 0 Å². The molecule has 0 spiro atoms. The van der Waals surface area contributed by atoms with Crippen LogP contribution in [0.15, 0.2) is 18.2 Å². The van der Waals surface area contributed by atoms with Crippen LogP contribution in [0.3, 0.4) is 0 Å². The van der Waals surface area contributed by atoms with E-state index < -0.39 is 0 Å². The molecule has 3 rings (SSSR count). The molecule has 1 aromatic carbocycles. The van der Waals surface area contributed by atoms with Crippen LogP contribution in [0.1, 0.15) is 70.9 Å². The number of carbonyl (C=O) groups is 1. The Bertz CT molecular complexity index is 683. The SMILES string of the molecule is CC(C)CCC(=O)CCC1(C)[C@@H]2Cc3ccc(O)cc3[C@@]1(C)CCN2C. The van der Waals surface area contributed by atoms with Gasteiger partial charge in [-0.05, 0) is 73.9 Å². The molecule has 0 aromatic heterocycles. The molecular weight excluding hydrogens is 322 g/mol. The topological polar surface area (TPSA) is 40.5 Å². The lowest BCUT2D eigenvalue weighted by atomic mass is 9.49. The number of phenols is 1. The molecule has 1 aliphatic carbocycles. The van der Waals surface area contributed by atoms with Crippen molar-refractivity contribution in [1.82, 2.24) is 4.90 Å². The Morgan fingerprint density at radius 2 is 2.04 bits per heavy atom. The van der Waals surface area contributed by atoms with Crippen LogP contribution in [0.2, 0.25) is 0 Å². The number of likely N-dealkylation sites (tertiary alicyclic amines) is 1. The van der Waals surface area contributed by atoms with Gasteiger partial charge in [0.2, 0.25) is 0 Å². The first kappa shape index (κ1) is 19.4. The number of benzene rings is 1. The molecule has 1 saturated heterocycles. The highest BCUT2D eigenvalue weighted by Gasteiger charge is 2.57. The van der Waals surface area contributed by atoms with Crippen molar-refractivity contribution in [3.63, 3.8) is 0 Å². The minimum atomic E-state index is 0.00876. The van der Waals surface area contributed by atoms with Crippen molar-refractivity contribution in [2.75, 3.05) is 13.6 Å². The first-order valence-corrected chi connectivity index (χ1v) is 10.2. The van der Waals surface area contributed by atoms with Crippen molar-refractivity contribution in [3.8, 4) is 5.75 Å². The standard InChI is InChI=1S/C23H35NO2/c1-16(2)6-8-18(25)10-11-23(4)21-14-17-7-9-19(26)15-20(17)22(23,3)12-13-24(21)5/h7,9,15-16,21,26H,6,8,10-14H2,1-5H3/t21-,22+,23?/m0/s1. The van der Waals surface area contributed by atoms with Gasteiger partial charge in [0.15, 0.2) is 0 Å². The van der Waals surface area contributed by atoms with Crippen molar-refractivity contribution < 1.29 is 9.90 Å². The number of hydrogen-bond acceptors (Lipinski definition) is 3. The number of likely N-dealkylation sites (N-methyl/N-ethyl adjacent to an activating group) is 1.